The van der Waals surface area contributed by atoms with E-state index in [9.17, 15) is 14.4 Å². The third-order valence-electron chi connectivity index (χ3n) is 5.53. The Kier molecular flexibility index (Phi) is 5.67. The zero-order valence-corrected chi connectivity index (χ0v) is 18.5. The number of nitrogens with one attached hydrogen (secondary N) is 3. The molecule has 0 unspecified atom stereocenters. The van der Waals surface area contributed by atoms with Gasteiger partial charge in [-0.05, 0) is 25.0 Å². The monoisotopic (exact) mass is 469 g/mol. The zero-order valence-electron chi connectivity index (χ0n) is 18.5. The van der Waals surface area contributed by atoms with Crippen molar-refractivity contribution in [2.75, 3.05) is 0 Å². The topological polar surface area (TPSA) is 164 Å². The maximum absolute atomic E-state index is 13.4. The minimum absolute atomic E-state index is 0.143. The van der Waals surface area contributed by atoms with E-state index in [1.807, 2.05) is 6.92 Å². The number of carbonyl (C=O) groups is 3. The number of ketones is 1. The summed E-state index contributed by atoms with van der Waals surface area (Å²) in [7, 11) is 0. The lowest BCUT2D eigenvalue weighted by atomic mass is 9.97. The molecular weight excluding hydrogens is 450 g/mol. The van der Waals surface area contributed by atoms with Crippen molar-refractivity contribution in [2.45, 2.75) is 19.8 Å². The van der Waals surface area contributed by atoms with Crippen LogP contribution in [-0.2, 0) is 11.2 Å². The molecule has 0 saturated carbocycles. The highest BCUT2D eigenvalue weighted by Gasteiger charge is 2.29. The van der Waals surface area contributed by atoms with Gasteiger partial charge >= 0.3 is 0 Å². The first kappa shape index (κ1) is 21.8. The number of aromatic amines is 2. The highest BCUT2D eigenvalue weighted by atomic mass is 16.2. The number of imidazole rings is 2. The third kappa shape index (κ3) is 4.19. The molecule has 3 N–H and O–H groups in total. The summed E-state index contributed by atoms with van der Waals surface area (Å²) >= 11 is 0. The Hall–Kier alpha value is -5.00. The molecule has 1 amide bonds. The van der Waals surface area contributed by atoms with Crippen LogP contribution in [0.1, 0.15) is 50.0 Å². The van der Waals surface area contributed by atoms with Crippen LogP contribution >= 0.6 is 0 Å². The third-order valence-corrected chi connectivity index (χ3v) is 5.53. The van der Waals surface area contributed by atoms with E-state index in [0.29, 0.717) is 40.3 Å². The fraction of sp³-hybridized carbons (Fsp3) is 0.130. The predicted octanol–water partition coefficient (Wildman–Crippen LogP) is 1.45. The Morgan fingerprint density at radius 2 is 2.00 bits per heavy atom. The number of rotatable bonds is 7. The van der Waals surface area contributed by atoms with Crippen LogP contribution in [0.4, 0.5) is 0 Å². The molecule has 5 heterocycles. The van der Waals surface area contributed by atoms with E-state index in [-0.39, 0.29) is 29.5 Å². The Labute approximate surface area is 198 Å². The Balaban J connectivity index is 1.56. The van der Waals surface area contributed by atoms with Gasteiger partial charge < -0.3 is 9.97 Å². The van der Waals surface area contributed by atoms with Crippen molar-refractivity contribution in [2.24, 2.45) is 5.10 Å². The largest absolute Gasteiger partial charge is 0.358 e. The van der Waals surface area contributed by atoms with Crippen LogP contribution in [-0.4, -0.2) is 57.8 Å². The standard InChI is InChI=1S/C23H19N9O3/c1-13-14(2-3-18(33)32-9-8-25-12-32)19(21(34)22-27-6-7-28-22)16(29-13)10-15-20(30-31-23(15)35)17-11-24-4-5-26-17/h4-12,29H,2-3H2,1H3,(H,27,28)(H,31,35). The summed E-state index contributed by atoms with van der Waals surface area (Å²) in [4.78, 5) is 60.8. The Morgan fingerprint density at radius 1 is 1.11 bits per heavy atom. The number of aryl methyl sites for hydroxylation is 1. The fourth-order valence-corrected chi connectivity index (χ4v) is 3.88. The van der Waals surface area contributed by atoms with E-state index in [1.54, 1.807) is 18.5 Å². The first-order valence-corrected chi connectivity index (χ1v) is 10.7. The van der Waals surface area contributed by atoms with Gasteiger partial charge in [0, 0.05) is 49.3 Å². The van der Waals surface area contributed by atoms with Crippen molar-refractivity contribution in [3.05, 3.63) is 89.3 Å². The molecule has 1 aliphatic rings. The summed E-state index contributed by atoms with van der Waals surface area (Å²) in [5, 5.41) is 4.08. The van der Waals surface area contributed by atoms with Crippen molar-refractivity contribution < 1.29 is 14.4 Å². The second-order valence-corrected chi connectivity index (χ2v) is 7.70. The molecule has 0 aromatic carbocycles. The first-order chi connectivity index (χ1) is 17.0. The van der Waals surface area contributed by atoms with E-state index in [0.717, 1.165) is 0 Å². The number of aromatic nitrogens is 7. The smallest absolute Gasteiger partial charge is 0.273 e. The molecule has 0 saturated heterocycles. The number of hydrogen-bond acceptors (Lipinski definition) is 8. The molecule has 4 aromatic rings. The Bertz CT molecular complexity index is 1460. The zero-order chi connectivity index (χ0) is 24.4. The lowest BCUT2D eigenvalue weighted by Crippen LogP contribution is -2.15. The van der Waals surface area contributed by atoms with E-state index in [1.165, 1.54) is 41.9 Å². The van der Waals surface area contributed by atoms with Crippen LogP contribution in [0.2, 0.25) is 0 Å². The quantitative estimate of drug-likeness (QED) is 0.272. The van der Waals surface area contributed by atoms with Gasteiger partial charge in [-0.15, -0.1) is 0 Å². The highest BCUT2D eigenvalue weighted by molar-refractivity contribution is 6.32. The summed E-state index contributed by atoms with van der Waals surface area (Å²) in [6.45, 7) is 1.81. The number of carbonyl (C=O) groups excluding carboxylic acids is 3. The van der Waals surface area contributed by atoms with Crippen molar-refractivity contribution in [1.82, 2.24) is 39.9 Å². The van der Waals surface area contributed by atoms with Crippen LogP contribution in [0.15, 0.2) is 60.4 Å². The average Bonchev–Trinajstić information content (AvgIpc) is 3.67. The van der Waals surface area contributed by atoms with Gasteiger partial charge in [-0.1, -0.05) is 0 Å². The van der Waals surface area contributed by atoms with Crippen molar-refractivity contribution in [3.63, 3.8) is 0 Å². The van der Waals surface area contributed by atoms with Gasteiger partial charge in [0.2, 0.25) is 11.7 Å². The molecular formula is C23H19N9O3. The molecule has 174 valence electrons. The molecule has 0 aliphatic carbocycles. The molecule has 0 radical (unpaired) electrons. The number of H-pyrrole nitrogens is 2. The summed E-state index contributed by atoms with van der Waals surface area (Å²) in [6.07, 6.45) is 14.1. The number of hydrazone groups is 1. The highest BCUT2D eigenvalue weighted by Crippen LogP contribution is 2.26. The lowest BCUT2D eigenvalue weighted by Gasteiger charge is -2.06. The van der Waals surface area contributed by atoms with Crippen molar-refractivity contribution >= 4 is 29.4 Å². The van der Waals surface area contributed by atoms with Crippen LogP contribution < -0.4 is 5.43 Å². The molecule has 5 rings (SSSR count). The van der Waals surface area contributed by atoms with Crippen LogP contribution in [0.5, 0.6) is 0 Å². The van der Waals surface area contributed by atoms with Gasteiger partial charge in [-0.3, -0.25) is 28.9 Å². The van der Waals surface area contributed by atoms with Crippen LogP contribution in [0, 0.1) is 6.92 Å². The lowest BCUT2D eigenvalue weighted by molar-refractivity contribution is -0.116. The van der Waals surface area contributed by atoms with Crippen molar-refractivity contribution in [3.8, 4) is 0 Å². The number of hydrogen-bond donors (Lipinski definition) is 3. The molecule has 0 fully saturated rings. The van der Waals surface area contributed by atoms with Crippen LogP contribution in [0.25, 0.3) is 6.08 Å². The van der Waals surface area contributed by atoms with Gasteiger partial charge in [0.15, 0.2) is 5.82 Å². The number of amides is 1. The van der Waals surface area contributed by atoms with E-state index in [4.69, 9.17) is 0 Å². The molecule has 0 atom stereocenters. The number of nitrogens with zero attached hydrogens (tertiary/aromatic N) is 6. The predicted molar refractivity (Wildman–Crippen MR) is 123 cm³/mol. The van der Waals surface area contributed by atoms with Crippen molar-refractivity contribution in [1.29, 1.82) is 0 Å². The van der Waals surface area contributed by atoms with Crippen LogP contribution in [0.3, 0.4) is 0 Å². The van der Waals surface area contributed by atoms with Gasteiger partial charge in [-0.2, -0.15) is 5.10 Å². The summed E-state index contributed by atoms with van der Waals surface area (Å²) in [5.41, 5.74) is 5.45. The molecule has 12 nitrogen and oxygen atoms in total. The molecule has 0 bridgehead atoms. The van der Waals surface area contributed by atoms with E-state index < -0.39 is 5.91 Å². The SMILES string of the molecule is Cc1[nH]c(C=C2C(=O)NN=C2c2cnccn2)c(C(=O)c2ncc[nH]2)c1CCC(=O)n1ccnc1. The first-order valence-electron chi connectivity index (χ1n) is 10.7. The fourth-order valence-electron chi connectivity index (χ4n) is 3.88. The second kappa shape index (κ2) is 9.09. The molecule has 1 aliphatic heterocycles. The second-order valence-electron chi connectivity index (χ2n) is 7.70. The normalized spacial score (nSPS) is 14.3. The molecule has 35 heavy (non-hydrogen) atoms. The van der Waals surface area contributed by atoms with Gasteiger partial charge in [0.05, 0.1) is 23.0 Å². The minimum atomic E-state index is -0.439. The maximum atomic E-state index is 13.4. The van der Waals surface area contributed by atoms with Gasteiger partial charge in [0.1, 0.15) is 17.7 Å². The summed E-state index contributed by atoms with van der Waals surface area (Å²) in [5.74, 6) is -0.824. The minimum Gasteiger partial charge on any atom is -0.358 e. The Morgan fingerprint density at radius 3 is 2.71 bits per heavy atom. The van der Waals surface area contributed by atoms with E-state index >= 15 is 0 Å². The molecule has 0 spiro atoms. The van der Waals surface area contributed by atoms with Gasteiger partial charge in [-0.25, -0.2) is 15.4 Å². The maximum Gasteiger partial charge on any atom is 0.273 e. The molecule has 12 heteroatoms. The average molecular weight is 469 g/mol. The summed E-state index contributed by atoms with van der Waals surface area (Å²) < 4.78 is 1.39. The van der Waals surface area contributed by atoms with Gasteiger partial charge in [0.25, 0.3) is 5.91 Å². The molecule has 4 aromatic heterocycles. The van der Waals surface area contributed by atoms with E-state index in [2.05, 4.69) is 40.4 Å². The summed E-state index contributed by atoms with van der Waals surface area (Å²) in [6, 6.07) is 0.